The molecule has 0 aliphatic heterocycles. The quantitative estimate of drug-likeness (QED) is 0.474. The van der Waals surface area contributed by atoms with Crippen LogP contribution in [0.1, 0.15) is 13.3 Å². The first-order valence-corrected chi connectivity index (χ1v) is 5.74. The molecule has 0 heterocycles. The van der Waals surface area contributed by atoms with Crippen molar-refractivity contribution < 1.29 is 13.4 Å². The van der Waals surface area contributed by atoms with E-state index in [9.17, 15) is 0 Å². The molecule has 1 rings (SSSR count). The third kappa shape index (κ3) is 2.34. The Balaban J connectivity index is 2.48. The molecular formula is C10H15Ni. The maximum absolute atomic E-state index is 3.78. The SMILES string of the molecule is C=C[CH2][Ni]([CH2]C)[C]1=CC=CC1. The van der Waals surface area contributed by atoms with Gasteiger partial charge >= 0.3 is 73.0 Å². The maximum atomic E-state index is 3.78. The predicted molar refractivity (Wildman–Crippen MR) is 47.3 cm³/mol. The fourth-order valence-corrected chi connectivity index (χ4v) is 3.07. The van der Waals surface area contributed by atoms with E-state index in [0.29, 0.717) is 13.4 Å². The molecular weight excluding hydrogens is 179 g/mol. The summed E-state index contributed by atoms with van der Waals surface area (Å²) >= 11 is 0.341. The molecule has 0 aromatic carbocycles. The van der Waals surface area contributed by atoms with Crippen LogP contribution in [0.25, 0.3) is 0 Å². The van der Waals surface area contributed by atoms with Crippen LogP contribution in [-0.4, -0.2) is 0 Å². The van der Waals surface area contributed by atoms with Gasteiger partial charge < -0.3 is 0 Å². The predicted octanol–water partition coefficient (Wildman–Crippen LogP) is 3.49. The standard InChI is InChI=1S/C5H5.C3H5.C2H5.Ni/c1-2-4-5-3-1;1-3-2;1-2;/h1-3H,4H2;3H,1-2H2;1H2,2H3;. The summed E-state index contributed by atoms with van der Waals surface area (Å²) in [5, 5.41) is 2.45. The van der Waals surface area contributed by atoms with Crippen LogP contribution in [0.15, 0.2) is 35.4 Å². The molecule has 0 saturated carbocycles. The number of rotatable bonds is 4. The van der Waals surface area contributed by atoms with Crippen molar-refractivity contribution in [2.75, 3.05) is 0 Å². The van der Waals surface area contributed by atoms with Gasteiger partial charge in [-0.15, -0.1) is 0 Å². The molecule has 0 nitrogen and oxygen atoms in total. The Bertz CT molecular complexity index is 189. The van der Waals surface area contributed by atoms with Crippen molar-refractivity contribution in [2.24, 2.45) is 0 Å². The molecule has 0 unspecified atom stereocenters. The van der Waals surface area contributed by atoms with Crippen molar-refractivity contribution in [1.29, 1.82) is 0 Å². The fourth-order valence-electron chi connectivity index (χ4n) is 1.00. The Labute approximate surface area is 73.3 Å². The van der Waals surface area contributed by atoms with Crippen LogP contribution < -0.4 is 0 Å². The Morgan fingerprint density at radius 1 is 1.73 bits per heavy atom. The third-order valence-corrected chi connectivity index (χ3v) is 4.39. The molecule has 0 amide bonds. The molecule has 11 heavy (non-hydrogen) atoms. The summed E-state index contributed by atoms with van der Waals surface area (Å²) in [4.78, 5) is 0. The molecule has 0 saturated heterocycles. The van der Waals surface area contributed by atoms with Crippen molar-refractivity contribution in [2.45, 2.75) is 24.1 Å². The Hall–Kier alpha value is -0.286. The zero-order chi connectivity index (χ0) is 8.10. The second-order valence-electron chi connectivity index (χ2n) is 2.23. The van der Waals surface area contributed by atoms with Crippen LogP contribution in [0.5, 0.6) is 0 Å². The van der Waals surface area contributed by atoms with Gasteiger partial charge in [-0.1, -0.05) is 0 Å². The number of hydrogen-bond acceptors (Lipinski definition) is 0. The van der Waals surface area contributed by atoms with Crippen molar-refractivity contribution >= 4 is 0 Å². The average molecular weight is 194 g/mol. The normalized spacial score (nSPS) is 16.5. The van der Waals surface area contributed by atoms with Crippen LogP contribution in [0, 0.1) is 0 Å². The van der Waals surface area contributed by atoms with E-state index in [4.69, 9.17) is 0 Å². The topological polar surface area (TPSA) is 0 Å². The molecule has 65 valence electrons. The molecule has 0 atom stereocenters. The van der Waals surface area contributed by atoms with Gasteiger partial charge in [0.25, 0.3) is 0 Å². The first-order chi connectivity index (χ1) is 5.38. The van der Waals surface area contributed by atoms with E-state index in [1.54, 1.807) is 4.54 Å². The first kappa shape index (κ1) is 8.81. The third-order valence-electron chi connectivity index (χ3n) is 1.51. The Kier molecular flexibility index (Phi) is 3.65. The van der Waals surface area contributed by atoms with E-state index in [1.165, 1.54) is 17.2 Å². The van der Waals surface area contributed by atoms with E-state index in [-0.39, 0.29) is 0 Å². The second-order valence-corrected chi connectivity index (χ2v) is 5.16. The van der Waals surface area contributed by atoms with Crippen LogP contribution in [0.4, 0.5) is 0 Å². The van der Waals surface area contributed by atoms with E-state index in [1.807, 2.05) is 6.08 Å². The fraction of sp³-hybridized carbons (Fsp3) is 0.400. The van der Waals surface area contributed by atoms with Crippen LogP contribution in [0.2, 0.25) is 10.8 Å². The summed E-state index contributed by atoms with van der Waals surface area (Å²) in [6, 6.07) is 0. The zero-order valence-electron chi connectivity index (χ0n) is 6.95. The molecule has 0 aromatic heterocycles. The van der Waals surface area contributed by atoms with Gasteiger partial charge in [-0.05, 0) is 0 Å². The minimum absolute atomic E-state index is 0.341. The summed E-state index contributed by atoms with van der Waals surface area (Å²) in [6.45, 7) is 6.04. The van der Waals surface area contributed by atoms with Crippen molar-refractivity contribution in [3.05, 3.63) is 35.4 Å². The Morgan fingerprint density at radius 3 is 3.00 bits per heavy atom. The summed E-state index contributed by atoms with van der Waals surface area (Å²) < 4.78 is 1.62. The summed E-state index contributed by atoms with van der Waals surface area (Å²) in [6.07, 6.45) is 9.88. The van der Waals surface area contributed by atoms with Gasteiger partial charge in [0.15, 0.2) is 0 Å². The molecule has 1 aliphatic carbocycles. The molecule has 0 radical (unpaired) electrons. The summed E-state index contributed by atoms with van der Waals surface area (Å²) in [7, 11) is 0. The summed E-state index contributed by atoms with van der Waals surface area (Å²) in [5.41, 5.74) is 0. The number of hydrogen-bond donors (Lipinski definition) is 0. The minimum atomic E-state index is 0.341. The second kappa shape index (κ2) is 4.56. The molecule has 0 N–H and O–H groups in total. The van der Waals surface area contributed by atoms with Gasteiger partial charge in [0, 0.05) is 0 Å². The molecule has 0 spiro atoms. The van der Waals surface area contributed by atoms with E-state index in [2.05, 4.69) is 31.7 Å². The van der Waals surface area contributed by atoms with Gasteiger partial charge in [0.05, 0.1) is 0 Å². The Morgan fingerprint density at radius 2 is 2.55 bits per heavy atom. The van der Waals surface area contributed by atoms with E-state index in [0.717, 1.165) is 0 Å². The van der Waals surface area contributed by atoms with Crippen LogP contribution in [-0.2, 0) is 13.4 Å². The van der Waals surface area contributed by atoms with Gasteiger partial charge in [-0.25, -0.2) is 0 Å². The van der Waals surface area contributed by atoms with Gasteiger partial charge in [-0.3, -0.25) is 0 Å². The van der Waals surface area contributed by atoms with E-state index >= 15 is 0 Å². The van der Waals surface area contributed by atoms with Gasteiger partial charge in [0.1, 0.15) is 0 Å². The van der Waals surface area contributed by atoms with Crippen LogP contribution in [0.3, 0.4) is 0 Å². The molecule has 0 aromatic rings. The molecule has 1 heteroatoms. The molecule has 0 fully saturated rings. The van der Waals surface area contributed by atoms with Crippen molar-refractivity contribution in [3.8, 4) is 0 Å². The monoisotopic (exact) mass is 193 g/mol. The van der Waals surface area contributed by atoms with E-state index < -0.39 is 0 Å². The summed E-state index contributed by atoms with van der Waals surface area (Å²) in [5.74, 6) is 0. The molecule has 1 aliphatic rings. The van der Waals surface area contributed by atoms with Crippen molar-refractivity contribution in [1.82, 2.24) is 0 Å². The number of allylic oxidation sites excluding steroid dienone is 5. The van der Waals surface area contributed by atoms with Gasteiger partial charge in [-0.2, -0.15) is 0 Å². The van der Waals surface area contributed by atoms with Crippen LogP contribution >= 0.6 is 0 Å². The van der Waals surface area contributed by atoms with Crippen molar-refractivity contribution in [3.63, 3.8) is 0 Å². The average Bonchev–Trinajstić information content (AvgIpc) is 2.52. The zero-order valence-corrected chi connectivity index (χ0v) is 7.94. The first-order valence-electron chi connectivity index (χ1n) is 3.85. The molecule has 0 bridgehead atoms. The van der Waals surface area contributed by atoms with Gasteiger partial charge in [0.2, 0.25) is 0 Å².